The topological polar surface area (TPSA) is 77.9 Å². The summed E-state index contributed by atoms with van der Waals surface area (Å²) in [5, 5.41) is 9.50. The van der Waals surface area contributed by atoms with Crippen molar-refractivity contribution in [3.8, 4) is 0 Å². The Labute approximate surface area is 113 Å². The molecule has 1 heterocycles. The number of nitrogens with zero attached hydrogens (tertiary/aromatic N) is 2. The summed E-state index contributed by atoms with van der Waals surface area (Å²) >= 11 is 0. The number of aliphatic hydroxyl groups is 1. The summed E-state index contributed by atoms with van der Waals surface area (Å²) in [6.07, 6.45) is 0.0362. The van der Waals surface area contributed by atoms with Crippen molar-refractivity contribution >= 4 is 17.8 Å². The van der Waals surface area contributed by atoms with Gasteiger partial charge in [0.1, 0.15) is 5.41 Å². The van der Waals surface area contributed by atoms with Crippen molar-refractivity contribution in [3.05, 3.63) is 0 Å². The van der Waals surface area contributed by atoms with E-state index in [-0.39, 0.29) is 5.92 Å². The molecule has 1 fully saturated rings. The van der Waals surface area contributed by atoms with E-state index >= 15 is 0 Å². The molecule has 0 aromatic carbocycles. The molecule has 1 aliphatic rings. The lowest BCUT2D eigenvalue weighted by Crippen LogP contribution is -2.65. The minimum Gasteiger partial charge on any atom is -0.393 e. The van der Waals surface area contributed by atoms with Gasteiger partial charge in [-0.1, -0.05) is 13.8 Å². The molecule has 1 N–H and O–H groups in total. The Morgan fingerprint density at radius 3 is 1.84 bits per heavy atom. The average Bonchev–Trinajstić information content (AvgIpc) is 2.34. The number of carbonyl (C=O) groups is 3. The normalized spacial score (nSPS) is 22.7. The zero-order valence-electron chi connectivity index (χ0n) is 12.1. The molecule has 0 radical (unpaired) electrons. The van der Waals surface area contributed by atoms with Crippen LogP contribution < -0.4 is 0 Å². The van der Waals surface area contributed by atoms with Gasteiger partial charge in [0.05, 0.1) is 6.10 Å². The molecule has 1 aliphatic heterocycles. The Balaban J connectivity index is 3.26. The first kappa shape index (κ1) is 15.6. The van der Waals surface area contributed by atoms with Gasteiger partial charge in [-0.25, -0.2) is 4.79 Å². The summed E-state index contributed by atoms with van der Waals surface area (Å²) in [5.41, 5.74) is -1.26. The number of hydrogen-bond donors (Lipinski definition) is 1. The minimum atomic E-state index is -1.26. The maximum Gasteiger partial charge on any atom is 0.332 e. The Morgan fingerprint density at radius 2 is 1.53 bits per heavy atom. The summed E-state index contributed by atoms with van der Waals surface area (Å²) in [5.74, 6) is -1.29. The number of carbonyl (C=O) groups excluding carboxylic acids is 3. The minimum absolute atomic E-state index is 0.306. The molecule has 0 saturated carbocycles. The number of hydrogen-bond acceptors (Lipinski definition) is 4. The molecule has 0 aromatic heterocycles. The zero-order chi connectivity index (χ0) is 15.0. The van der Waals surface area contributed by atoms with Crippen LogP contribution in [0.1, 0.15) is 33.6 Å². The number of aliphatic hydroxyl groups excluding tert-OH is 1. The second-order valence-corrected chi connectivity index (χ2v) is 5.32. The van der Waals surface area contributed by atoms with E-state index in [0.717, 1.165) is 9.80 Å². The van der Waals surface area contributed by atoms with Crippen molar-refractivity contribution in [3.63, 3.8) is 0 Å². The molecule has 0 aliphatic carbocycles. The molecule has 108 valence electrons. The van der Waals surface area contributed by atoms with Crippen molar-refractivity contribution in [1.82, 2.24) is 9.80 Å². The van der Waals surface area contributed by atoms with Gasteiger partial charge in [-0.2, -0.15) is 0 Å². The van der Waals surface area contributed by atoms with Crippen molar-refractivity contribution < 1.29 is 19.5 Å². The number of urea groups is 1. The number of rotatable bonds is 4. The van der Waals surface area contributed by atoms with E-state index in [9.17, 15) is 19.5 Å². The Morgan fingerprint density at radius 1 is 1.11 bits per heavy atom. The molecule has 0 bridgehead atoms. The standard InChI is InChI=1S/C13H22N2O4/c1-6-13(8(2)7-9(3)16)10(17)14(4)12(19)15(5)11(13)18/h8-9,16H,6-7H2,1-5H3. The lowest BCUT2D eigenvalue weighted by molar-refractivity contribution is -0.162. The summed E-state index contributed by atoms with van der Waals surface area (Å²) < 4.78 is 0. The van der Waals surface area contributed by atoms with E-state index in [2.05, 4.69) is 0 Å². The van der Waals surface area contributed by atoms with Gasteiger partial charge in [0.2, 0.25) is 11.8 Å². The van der Waals surface area contributed by atoms with E-state index in [4.69, 9.17) is 0 Å². The van der Waals surface area contributed by atoms with Crippen molar-refractivity contribution in [2.24, 2.45) is 11.3 Å². The largest absolute Gasteiger partial charge is 0.393 e. The maximum atomic E-state index is 12.4. The van der Waals surface area contributed by atoms with Crippen molar-refractivity contribution in [2.75, 3.05) is 14.1 Å². The van der Waals surface area contributed by atoms with Crippen LogP contribution in [0.25, 0.3) is 0 Å². The van der Waals surface area contributed by atoms with Crippen LogP contribution in [0.15, 0.2) is 0 Å². The van der Waals surface area contributed by atoms with Gasteiger partial charge in [0, 0.05) is 14.1 Å². The molecule has 1 rings (SSSR count). The van der Waals surface area contributed by atoms with Gasteiger partial charge in [-0.05, 0) is 25.7 Å². The molecule has 2 atom stereocenters. The van der Waals surface area contributed by atoms with Gasteiger partial charge in [0.15, 0.2) is 0 Å². The van der Waals surface area contributed by atoms with Crippen LogP contribution in [0.5, 0.6) is 0 Å². The van der Waals surface area contributed by atoms with Crippen molar-refractivity contribution in [2.45, 2.75) is 39.7 Å². The third kappa shape index (κ3) is 2.25. The van der Waals surface area contributed by atoms with Crippen molar-refractivity contribution in [1.29, 1.82) is 0 Å². The summed E-state index contributed by atoms with van der Waals surface area (Å²) in [6, 6.07) is -0.608. The molecular formula is C13H22N2O4. The monoisotopic (exact) mass is 270 g/mol. The van der Waals surface area contributed by atoms with Gasteiger partial charge < -0.3 is 5.11 Å². The predicted octanol–water partition coefficient (Wildman–Crippen LogP) is 0.840. The Bertz CT molecular complexity index is 381. The highest BCUT2D eigenvalue weighted by Gasteiger charge is 2.57. The quantitative estimate of drug-likeness (QED) is 0.768. The zero-order valence-corrected chi connectivity index (χ0v) is 12.1. The van der Waals surface area contributed by atoms with Crippen LogP contribution in [0.2, 0.25) is 0 Å². The number of imide groups is 2. The van der Waals surface area contributed by atoms with E-state index in [1.54, 1.807) is 20.8 Å². The van der Waals surface area contributed by atoms with Crippen LogP contribution in [0.4, 0.5) is 4.79 Å². The SMILES string of the molecule is CCC1(C(C)CC(C)O)C(=O)N(C)C(=O)N(C)C1=O. The highest BCUT2D eigenvalue weighted by molar-refractivity contribution is 6.18. The molecule has 1 saturated heterocycles. The number of barbiturate groups is 1. The van der Waals surface area contributed by atoms with E-state index < -0.39 is 29.4 Å². The van der Waals surface area contributed by atoms with E-state index in [0.29, 0.717) is 12.8 Å². The lowest BCUT2D eigenvalue weighted by Gasteiger charge is -2.44. The third-order valence-electron chi connectivity index (χ3n) is 4.04. The second kappa shape index (κ2) is 5.28. The van der Waals surface area contributed by atoms with Crippen LogP contribution in [-0.2, 0) is 9.59 Å². The molecular weight excluding hydrogens is 248 g/mol. The van der Waals surface area contributed by atoms with Gasteiger partial charge in [-0.15, -0.1) is 0 Å². The average molecular weight is 270 g/mol. The van der Waals surface area contributed by atoms with E-state index in [1.165, 1.54) is 14.1 Å². The highest BCUT2D eigenvalue weighted by Crippen LogP contribution is 2.40. The van der Waals surface area contributed by atoms with Gasteiger partial charge >= 0.3 is 6.03 Å². The molecule has 4 amide bonds. The fraction of sp³-hybridized carbons (Fsp3) is 0.769. The van der Waals surface area contributed by atoms with Gasteiger partial charge in [-0.3, -0.25) is 19.4 Å². The van der Waals surface area contributed by atoms with Crippen LogP contribution in [0, 0.1) is 11.3 Å². The molecule has 2 unspecified atom stereocenters. The molecule has 0 spiro atoms. The summed E-state index contributed by atoms with van der Waals surface area (Å²) in [7, 11) is 2.76. The van der Waals surface area contributed by atoms with Crippen LogP contribution >= 0.6 is 0 Å². The Kier molecular flexibility index (Phi) is 4.35. The fourth-order valence-corrected chi connectivity index (χ4v) is 2.87. The smallest absolute Gasteiger partial charge is 0.332 e. The molecule has 19 heavy (non-hydrogen) atoms. The maximum absolute atomic E-state index is 12.4. The molecule has 0 aromatic rings. The fourth-order valence-electron chi connectivity index (χ4n) is 2.87. The first-order valence-electron chi connectivity index (χ1n) is 6.48. The molecule has 6 heteroatoms. The van der Waals surface area contributed by atoms with E-state index in [1.807, 2.05) is 0 Å². The number of amides is 4. The second-order valence-electron chi connectivity index (χ2n) is 5.32. The summed E-state index contributed by atoms with van der Waals surface area (Å²) in [6.45, 7) is 5.14. The predicted molar refractivity (Wildman–Crippen MR) is 69.1 cm³/mol. The highest BCUT2D eigenvalue weighted by atomic mass is 16.3. The van der Waals surface area contributed by atoms with Gasteiger partial charge in [0.25, 0.3) is 0 Å². The third-order valence-corrected chi connectivity index (χ3v) is 4.04. The molecule has 6 nitrogen and oxygen atoms in total. The van der Waals surface area contributed by atoms with Crippen LogP contribution in [-0.4, -0.2) is 53.0 Å². The first-order chi connectivity index (χ1) is 8.70. The van der Waals surface area contributed by atoms with Crippen LogP contribution in [0.3, 0.4) is 0 Å². The lowest BCUT2D eigenvalue weighted by atomic mass is 9.69. The Hall–Kier alpha value is -1.43. The first-order valence-corrected chi connectivity index (χ1v) is 6.48. The summed E-state index contributed by atoms with van der Waals surface area (Å²) in [4.78, 5) is 38.6.